The Morgan fingerprint density at radius 3 is 2.83 bits per heavy atom. The maximum Gasteiger partial charge on any atom is 0.196 e. The maximum absolute atomic E-state index is 12.4. The summed E-state index contributed by atoms with van der Waals surface area (Å²) in [5, 5.41) is 2.91. The molecule has 0 fully saturated rings. The number of nitrogens with zero attached hydrogens (tertiary/aromatic N) is 1. The highest BCUT2D eigenvalue weighted by molar-refractivity contribution is 6.11. The molecule has 1 aromatic carbocycles. The summed E-state index contributed by atoms with van der Waals surface area (Å²) >= 11 is 0. The predicted octanol–water partition coefficient (Wildman–Crippen LogP) is 2.36. The summed E-state index contributed by atoms with van der Waals surface area (Å²) < 4.78 is 5.11. The highest BCUT2D eigenvalue weighted by Gasteiger charge is 2.14. The van der Waals surface area contributed by atoms with Gasteiger partial charge in [0.1, 0.15) is 11.6 Å². The fraction of sp³-hybridized carbons (Fsp3) is 0.143. The van der Waals surface area contributed by atoms with Crippen molar-refractivity contribution in [2.75, 3.05) is 19.5 Å². The van der Waals surface area contributed by atoms with Crippen LogP contribution in [0, 0.1) is 0 Å². The number of hydrogen-bond acceptors (Lipinski definition) is 4. The van der Waals surface area contributed by atoms with E-state index < -0.39 is 0 Å². The second-order valence-corrected chi connectivity index (χ2v) is 3.71. The van der Waals surface area contributed by atoms with Gasteiger partial charge in [-0.25, -0.2) is 4.98 Å². The molecule has 1 N–H and O–H groups in total. The number of anilines is 1. The zero-order valence-corrected chi connectivity index (χ0v) is 10.3. The Hall–Kier alpha value is -2.36. The van der Waals surface area contributed by atoms with Crippen LogP contribution in [0.1, 0.15) is 15.9 Å². The summed E-state index contributed by atoms with van der Waals surface area (Å²) in [5.41, 5.74) is 1.13. The highest BCUT2D eigenvalue weighted by atomic mass is 16.5. The molecule has 0 amide bonds. The minimum atomic E-state index is -0.0775. The number of hydrogen-bond donors (Lipinski definition) is 1. The van der Waals surface area contributed by atoms with Crippen molar-refractivity contribution >= 4 is 11.6 Å². The summed E-state index contributed by atoms with van der Waals surface area (Å²) in [6, 6.07) is 10.6. The van der Waals surface area contributed by atoms with E-state index in [0.717, 1.165) is 0 Å². The van der Waals surface area contributed by atoms with Crippen LogP contribution in [0.25, 0.3) is 0 Å². The van der Waals surface area contributed by atoms with E-state index in [4.69, 9.17) is 4.74 Å². The first-order valence-electron chi connectivity index (χ1n) is 5.58. The highest BCUT2D eigenvalue weighted by Crippen LogP contribution is 2.19. The average molecular weight is 242 g/mol. The van der Waals surface area contributed by atoms with Crippen LogP contribution >= 0.6 is 0 Å². The SMILES string of the molecule is CNc1ncccc1C(=O)c1cccc(OC)c1. The fourth-order valence-electron chi connectivity index (χ4n) is 1.71. The Kier molecular flexibility index (Phi) is 3.57. The number of benzene rings is 1. The Morgan fingerprint density at radius 1 is 1.28 bits per heavy atom. The van der Waals surface area contributed by atoms with Crippen molar-refractivity contribution in [3.05, 3.63) is 53.7 Å². The van der Waals surface area contributed by atoms with Gasteiger partial charge in [-0.2, -0.15) is 0 Å². The number of ketones is 1. The van der Waals surface area contributed by atoms with Gasteiger partial charge in [0.2, 0.25) is 0 Å². The van der Waals surface area contributed by atoms with Gasteiger partial charge in [0, 0.05) is 18.8 Å². The molecule has 0 radical (unpaired) electrons. The van der Waals surface area contributed by atoms with Gasteiger partial charge < -0.3 is 10.1 Å². The number of pyridine rings is 1. The third kappa shape index (κ3) is 2.32. The molecular formula is C14H14N2O2. The van der Waals surface area contributed by atoms with Crippen LogP contribution < -0.4 is 10.1 Å². The van der Waals surface area contributed by atoms with Gasteiger partial charge in [-0.1, -0.05) is 12.1 Å². The minimum Gasteiger partial charge on any atom is -0.497 e. The third-order valence-electron chi connectivity index (χ3n) is 2.62. The molecule has 0 aliphatic heterocycles. The molecule has 0 aliphatic rings. The van der Waals surface area contributed by atoms with Crippen molar-refractivity contribution in [3.63, 3.8) is 0 Å². The van der Waals surface area contributed by atoms with E-state index in [0.29, 0.717) is 22.7 Å². The van der Waals surface area contributed by atoms with Gasteiger partial charge in [0.15, 0.2) is 5.78 Å². The zero-order valence-electron chi connectivity index (χ0n) is 10.3. The van der Waals surface area contributed by atoms with E-state index in [9.17, 15) is 4.79 Å². The molecule has 2 rings (SSSR count). The van der Waals surface area contributed by atoms with Crippen LogP contribution in [0.5, 0.6) is 5.75 Å². The van der Waals surface area contributed by atoms with Crippen LogP contribution in [-0.4, -0.2) is 24.9 Å². The van der Waals surface area contributed by atoms with Crippen molar-refractivity contribution in [2.24, 2.45) is 0 Å². The van der Waals surface area contributed by atoms with Crippen LogP contribution in [-0.2, 0) is 0 Å². The second-order valence-electron chi connectivity index (χ2n) is 3.71. The van der Waals surface area contributed by atoms with Crippen molar-refractivity contribution in [1.29, 1.82) is 0 Å². The number of rotatable bonds is 4. The lowest BCUT2D eigenvalue weighted by Crippen LogP contribution is -2.07. The molecule has 0 saturated carbocycles. The van der Waals surface area contributed by atoms with Crippen molar-refractivity contribution in [2.45, 2.75) is 0 Å². The first kappa shape index (κ1) is 12.1. The van der Waals surface area contributed by atoms with Crippen molar-refractivity contribution in [1.82, 2.24) is 4.98 Å². The molecule has 4 heteroatoms. The fourth-order valence-corrected chi connectivity index (χ4v) is 1.71. The molecule has 2 aromatic rings. The zero-order chi connectivity index (χ0) is 13.0. The predicted molar refractivity (Wildman–Crippen MR) is 70.2 cm³/mol. The van der Waals surface area contributed by atoms with Crippen LogP contribution in [0.4, 0.5) is 5.82 Å². The molecule has 0 saturated heterocycles. The number of carbonyl (C=O) groups excluding carboxylic acids is 1. The lowest BCUT2D eigenvalue weighted by atomic mass is 10.0. The number of carbonyl (C=O) groups is 1. The molecular weight excluding hydrogens is 228 g/mol. The molecule has 4 nitrogen and oxygen atoms in total. The Morgan fingerprint density at radius 2 is 2.11 bits per heavy atom. The van der Waals surface area contributed by atoms with E-state index in [-0.39, 0.29) is 5.78 Å². The quantitative estimate of drug-likeness (QED) is 0.836. The van der Waals surface area contributed by atoms with Crippen molar-refractivity contribution < 1.29 is 9.53 Å². The molecule has 0 aliphatic carbocycles. The van der Waals surface area contributed by atoms with E-state index in [1.54, 1.807) is 56.8 Å². The molecule has 92 valence electrons. The summed E-state index contributed by atoms with van der Waals surface area (Å²) in [6.07, 6.45) is 1.65. The summed E-state index contributed by atoms with van der Waals surface area (Å²) in [5.74, 6) is 1.16. The van der Waals surface area contributed by atoms with Crippen LogP contribution in [0.3, 0.4) is 0 Å². The van der Waals surface area contributed by atoms with E-state index in [2.05, 4.69) is 10.3 Å². The molecule has 0 spiro atoms. The van der Waals surface area contributed by atoms with E-state index in [1.165, 1.54) is 0 Å². The molecule has 0 bridgehead atoms. The molecule has 18 heavy (non-hydrogen) atoms. The topological polar surface area (TPSA) is 51.2 Å². The third-order valence-corrected chi connectivity index (χ3v) is 2.62. The molecule has 0 unspecified atom stereocenters. The molecule has 1 aromatic heterocycles. The van der Waals surface area contributed by atoms with Gasteiger partial charge in [-0.15, -0.1) is 0 Å². The number of aromatic nitrogens is 1. The first-order chi connectivity index (χ1) is 8.76. The number of methoxy groups -OCH3 is 1. The monoisotopic (exact) mass is 242 g/mol. The first-order valence-corrected chi connectivity index (χ1v) is 5.58. The van der Waals surface area contributed by atoms with Gasteiger partial charge in [0.25, 0.3) is 0 Å². The van der Waals surface area contributed by atoms with Gasteiger partial charge >= 0.3 is 0 Å². The summed E-state index contributed by atoms with van der Waals surface area (Å²) in [4.78, 5) is 16.5. The van der Waals surface area contributed by atoms with E-state index >= 15 is 0 Å². The second kappa shape index (κ2) is 5.31. The lowest BCUT2D eigenvalue weighted by Gasteiger charge is -2.07. The average Bonchev–Trinajstić information content (AvgIpc) is 2.46. The van der Waals surface area contributed by atoms with Crippen LogP contribution in [0.15, 0.2) is 42.6 Å². The maximum atomic E-state index is 12.4. The molecule has 1 heterocycles. The smallest absolute Gasteiger partial charge is 0.196 e. The van der Waals surface area contributed by atoms with Crippen LogP contribution in [0.2, 0.25) is 0 Å². The molecule has 0 atom stereocenters. The Labute approximate surface area is 106 Å². The van der Waals surface area contributed by atoms with Gasteiger partial charge in [-0.3, -0.25) is 4.79 Å². The number of ether oxygens (including phenoxy) is 1. The Bertz CT molecular complexity index is 567. The van der Waals surface area contributed by atoms with Gasteiger partial charge in [-0.05, 0) is 24.3 Å². The standard InChI is InChI=1S/C14H14N2O2/c1-15-14-12(7-4-8-16-14)13(17)10-5-3-6-11(9-10)18-2/h3-9H,1-2H3,(H,15,16). The van der Waals surface area contributed by atoms with Crippen molar-refractivity contribution in [3.8, 4) is 5.75 Å². The Balaban J connectivity index is 2.41. The lowest BCUT2D eigenvalue weighted by molar-refractivity contribution is 0.103. The summed E-state index contributed by atoms with van der Waals surface area (Å²) in [6.45, 7) is 0. The number of nitrogens with one attached hydrogen (secondary N) is 1. The largest absolute Gasteiger partial charge is 0.497 e. The minimum absolute atomic E-state index is 0.0775. The van der Waals surface area contributed by atoms with E-state index in [1.807, 2.05) is 0 Å². The summed E-state index contributed by atoms with van der Waals surface area (Å²) in [7, 11) is 3.32. The van der Waals surface area contributed by atoms with Gasteiger partial charge in [0.05, 0.1) is 12.7 Å². The normalized spacial score (nSPS) is 9.89.